The van der Waals surface area contributed by atoms with Crippen LogP contribution in [0.3, 0.4) is 0 Å². The quantitative estimate of drug-likeness (QED) is 0.811. The molecule has 1 aliphatic rings. The molecule has 128 valence electrons. The maximum Gasteiger partial charge on any atom is 0.151 e. The van der Waals surface area contributed by atoms with E-state index in [9.17, 15) is 5.11 Å². The Bertz CT molecular complexity index is 655. The number of aliphatic hydroxyl groups excluding tert-OH is 1. The summed E-state index contributed by atoms with van der Waals surface area (Å²) < 4.78 is 0. The molecule has 1 saturated heterocycles. The van der Waals surface area contributed by atoms with Crippen LogP contribution < -0.4 is 4.90 Å². The fraction of sp³-hybridized carbons (Fsp3) is 0.368. The Morgan fingerprint density at radius 2 is 1.75 bits per heavy atom. The van der Waals surface area contributed by atoms with Crippen LogP contribution in [-0.4, -0.2) is 33.5 Å². The van der Waals surface area contributed by atoms with Crippen molar-refractivity contribution in [3.8, 4) is 17.0 Å². The molecule has 24 heavy (non-hydrogen) atoms. The molecule has 5 nitrogen and oxygen atoms in total. The molecular formula is C19H25N3O2. The molecule has 0 bridgehead atoms. The number of rotatable bonds is 2. The van der Waals surface area contributed by atoms with Crippen molar-refractivity contribution in [1.82, 2.24) is 10.2 Å². The number of piperidine rings is 1. The Hall–Kier alpha value is -2.56. The summed E-state index contributed by atoms with van der Waals surface area (Å²) in [5.74, 6) is 1.20. The van der Waals surface area contributed by atoms with Crippen LogP contribution >= 0.6 is 0 Å². The summed E-state index contributed by atoms with van der Waals surface area (Å²) in [6.45, 7) is 9.00. The highest BCUT2D eigenvalue weighted by atomic mass is 16.3. The van der Waals surface area contributed by atoms with Gasteiger partial charge in [-0.1, -0.05) is 12.6 Å². The van der Waals surface area contributed by atoms with Gasteiger partial charge >= 0.3 is 0 Å². The van der Waals surface area contributed by atoms with Gasteiger partial charge in [0.25, 0.3) is 0 Å². The Labute approximate surface area is 143 Å². The van der Waals surface area contributed by atoms with Crippen molar-refractivity contribution in [1.29, 1.82) is 0 Å². The first-order valence-electron chi connectivity index (χ1n) is 8.21. The Balaban J connectivity index is 0.000000647. The SMILES string of the molecule is C=CO.Cc1cc(C)c(-c2ccc(N3CCCCC3)nn2)c(O)c1. The molecule has 0 aliphatic carbocycles. The standard InChI is InChI=1S/C17H21N3O.C2H4O/c1-12-10-13(2)17(15(21)11-12)14-6-7-16(19-18-14)20-8-4-3-5-9-20;1-2-3/h6-7,10-11,21H,3-5,8-9H2,1-2H3;2-3H,1H2. The largest absolute Gasteiger partial charge is 0.516 e. The van der Waals surface area contributed by atoms with E-state index in [0.29, 0.717) is 0 Å². The third-order valence-electron chi connectivity index (χ3n) is 4.05. The maximum atomic E-state index is 10.2. The molecule has 2 heterocycles. The summed E-state index contributed by atoms with van der Waals surface area (Å²) in [7, 11) is 0. The molecule has 1 aromatic carbocycles. The van der Waals surface area contributed by atoms with Crippen LogP contribution in [0.1, 0.15) is 30.4 Å². The van der Waals surface area contributed by atoms with Gasteiger partial charge in [0.05, 0.1) is 12.0 Å². The Morgan fingerprint density at radius 3 is 2.29 bits per heavy atom. The van der Waals surface area contributed by atoms with Gasteiger partial charge in [0.1, 0.15) is 5.75 Å². The lowest BCUT2D eigenvalue weighted by Crippen LogP contribution is -2.30. The van der Waals surface area contributed by atoms with Crippen LogP contribution in [0, 0.1) is 13.8 Å². The highest BCUT2D eigenvalue weighted by Crippen LogP contribution is 2.32. The molecule has 5 heteroatoms. The first-order chi connectivity index (χ1) is 11.6. The lowest BCUT2D eigenvalue weighted by Gasteiger charge is -2.27. The third-order valence-corrected chi connectivity index (χ3v) is 4.05. The van der Waals surface area contributed by atoms with Crippen molar-refractivity contribution in [3.63, 3.8) is 0 Å². The van der Waals surface area contributed by atoms with Crippen LogP contribution in [-0.2, 0) is 0 Å². The van der Waals surface area contributed by atoms with Crippen LogP contribution in [0.5, 0.6) is 5.75 Å². The average molecular weight is 327 g/mol. The van der Waals surface area contributed by atoms with Gasteiger partial charge in [0.2, 0.25) is 0 Å². The van der Waals surface area contributed by atoms with Gasteiger partial charge in [-0.3, -0.25) is 0 Å². The number of aliphatic hydroxyl groups is 1. The van der Waals surface area contributed by atoms with E-state index in [1.807, 2.05) is 26.0 Å². The topological polar surface area (TPSA) is 69.5 Å². The summed E-state index contributed by atoms with van der Waals surface area (Å²) in [4.78, 5) is 2.28. The van der Waals surface area contributed by atoms with E-state index in [-0.39, 0.29) is 5.75 Å². The van der Waals surface area contributed by atoms with Crippen molar-refractivity contribution in [3.05, 3.63) is 48.2 Å². The van der Waals surface area contributed by atoms with Gasteiger partial charge in [0, 0.05) is 18.7 Å². The van der Waals surface area contributed by atoms with E-state index in [1.54, 1.807) is 6.07 Å². The molecule has 1 aromatic heterocycles. The van der Waals surface area contributed by atoms with E-state index < -0.39 is 0 Å². The number of phenolic OH excluding ortho intramolecular Hbond substituents is 1. The minimum Gasteiger partial charge on any atom is -0.516 e. The van der Waals surface area contributed by atoms with E-state index in [2.05, 4.69) is 27.7 Å². The lowest BCUT2D eigenvalue weighted by atomic mass is 10.0. The number of anilines is 1. The molecule has 0 amide bonds. The zero-order chi connectivity index (χ0) is 17.5. The molecule has 1 fully saturated rings. The lowest BCUT2D eigenvalue weighted by molar-refractivity contribution is 0.475. The highest BCUT2D eigenvalue weighted by Gasteiger charge is 2.14. The molecule has 2 aromatic rings. The molecular weight excluding hydrogens is 302 g/mol. The van der Waals surface area contributed by atoms with Crippen molar-refractivity contribution < 1.29 is 10.2 Å². The fourth-order valence-electron chi connectivity index (χ4n) is 3.03. The van der Waals surface area contributed by atoms with Crippen molar-refractivity contribution in [2.24, 2.45) is 0 Å². The first-order valence-corrected chi connectivity index (χ1v) is 8.21. The molecule has 2 N–H and O–H groups in total. The number of benzene rings is 1. The van der Waals surface area contributed by atoms with Crippen molar-refractivity contribution in [2.45, 2.75) is 33.1 Å². The number of aromatic nitrogens is 2. The van der Waals surface area contributed by atoms with E-state index in [1.165, 1.54) is 19.3 Å². The second-order valence-corrected chi connectivity index (χ2v) is 5.98. The molecule has 1 aliphatic heterocycles. The van der Waals surface area contributed by atoms with E-state index in [0.717, 1.165) is 47.6 Å². The second kappa shape index (κ2) is 8.34. The molecule has 3 rings (SSSR count). The summed E-state index contributed by atoms with van der Waals surface area (Å²) in [6, 6.07) is 7.78. The minimum absolute atomic E-state index is 0.271. The summed E-state index contributed by atoms with van der Waals surface area (Å²) in [6.07, 6.45) is 4.50. The van der Waals surface area contributed by atoms with Crippen molar-refractivity contribution in [2.75, 3.05) is 18.0 Å². The van der Waals surface area contributed by atoms with Crippen LogP contribution in [0.2, 0.25) is 0 Å². The molecule has 0 unspecified atom stereocenters. The number of phenols is 1. The summed E-state index contributed by atoms with van der Waals surface area (Å²) in [5, 5.41) is 26.2. The first kappa shape index (κ1) is 17.8. The fourth-order valence-corrected chi connectivity index (χ4v) is 3.03. The van der Waals surface area contributed by atoms with E-state index >= 15 is 0 Å². The maximum absolute atomic E-state index is 10.2. The third kappa shape index (κ3) is 4.25. The summed E-state index contributed by atoms with van der Waals surface area (Å²) in [5.41, 5.74) is 3.57. The normalized spacial score (nSPS) is 13.8. The van der Waals surface area contributed by atoms with Gasteiger partial charge < -0.3 is 15.1 Å². The van der Waals surface area contributed by atoms with Crippen LogP contribution in [0.4, 0.5) is 5.82 Å². The molecule has 0 spiro atoms. The number of aryl methyl sites for hydroxylation is 2. The number of hydrogen-bond acceptors (Lipinski definition) is 5. The van der Waals surface area contributed by atoms with Gasteiger partial charge in [-0.15, -0.1) is 10.2 Å². The van der Waals surface area contributed by atoms with Gasteiger partial charge in [-0.2, -0.15) is 0 Å². The van der Waals surface area contributed by atoms with Gasteiger partial charge in [0.15, 0.2) is 5.82 Å². The smallest absolute Gasteiger partial charge is 0.151 e. The summed E-state index contributed by atoms with van der Waals surface area (Å²) >= 11 is 0. The monoisotopic (exact) mass is 327 g/mol. The van der Waals surface area contributed by atoms with Gasteiger partial charge in [-0.25, -0.2) is 0 Å². The highest BCUT2D eigenvalue weighted by molar-refractivity contribution is 5.71. The Morgan fingerprint density at radius 1 is 1.08 bits per heavy atom. The predicted octanol–water partition coefficient (Wildman–Crippen LogP) is 4.14. The minimum atomic E-state index is 0.271. The van der Waals surface area contributed by atoms with Crippen LogP contribution in [0.25, 0.3) is 11.3 Å². The van der Waals surface area contributed by atoms with Crippen LogP contribution in [0.15, 0.2) is 37.1 Å². The zero-order valence-electron chi connectivity index (χ0n) is 14.4. The molecule has 0 atom stereocenters. The van der Waals surface area contributed by atoms with E-state index in [4.69, 9.17) is 5.11 Å². The van der Waals surface area contributed by atoms with Crippen molar-refractivity contribution >= 4 is 5.82 Å². The number of hydrogen-bond donors (Lipinski definition) is 2. The number of aromatic hydroxyl groups is 1. The van der Waals surface area contributed by atoms with Gasteiger partial charge in [-0.05, 0) is 62.4 Å². The zero-order valence-corrected chi connectivity index (χ0v) is 14.4. The molecule has 0 radical (unpaired) electrons. The number of nitrogens with zero attached hydrogens (tertiary/aromatic N) is 3. The average Bonchev–Trinajstić information content (AvgIpc) is 2.56. The Kier molecular flexibility index (Phi) is 6.18. The molecule has 0 saturated carbocycles. The predicted molar refractivity (Wildman–Crippen MR) is 97.5 cm³/mol. The second-order valence-electron chi connectivity index (χ2n) is 5.98.